The van der Waals surface area contributed by atoms with Crippen LogP contribution in [0.25, 0.3) is 22.5 Å². The smallest absolute Gasteiger partial charge is 0.441 e. The van der Waals surface area contributed by atoms with Gasteiger partial charge in [0, 0.05) is 17.8 Å². The molecule has 0 saturated heterocycles. The van der Waals surface area contributed by atoms with Crippen LogP contribution in [0.3, 0.4) is 0 Å². The number of hydrogen-bond donors (Lipinski definition) is 0. The van der Waals surface area contributed by atoms with Gasteiger partial charge in [-0.2, -0.15) is 9.36 Å². The van der Waals surface area contributed by atoms with E-state index in [9.17, 15) is 9.59 Å². The third-order valence-corrected chi connectivity index (χ3v) is 4.43. The van der Waals surface area contributed by atoms with Crippen LogP contribution in [0.2, 0.25) is 0 Å². The third kappa shape index (κ3) is 3.53. The Hall–Kier alpha value is -4.73. The maximum Gasteiger partial charge on any atom is 0.441 e. The first kappa shape index (κ1) is 18.3. The average molecular weight is 415 g/mol. The number of para-hydroxylation sites is 1. The van der Waals surface area contributed by atoms with Crippen molar-refractivity contribution in [3.63, 3.8) is 0 Å². The molecule has 0 fully saturated rings. The number of nitrogens with zero attached hydrogens (tertiary/aromatic N) is 5. The topological polar surface area (TPSA) is 118 Å². The molecular formula is C21H13N5O5. The van der Waals surface area contributed by atoms with Crippen molar-refractivity contribution < 1.29 is 13.6 Å². The van der Waals surface area contributed by atoms with Crippen LogP contribution in [0.1, 0.15) is 0 Å². The molecule has 0 N–H and O–H groups in total. The Morgan fingerprint density at radius 2 is 1.55 bits per heavy atom. The second-order valence-electron chi connectivity index (χ2n) is 6.36. The molecule has 0 saturated carbocycles. The van der Waals surface area contributed by atoms with Crippen LogP contribution in [-0.4, -0.2) is 24.5 Å². The molecule has 5 rings (SSSR count). The highest BCUT2D eigenvalue weighted by atomic mass is 16.5. The monoisotopic (exact) mass is 415 g/mol. The van der Waals surface area contributed by atoms with Crippen LogP contribution in [0.5, 0.6) is 11.5 Å². The van der Waals surface area contributed by atoms with Crippen LogP contribution in [0.4, 0.5) is 0 Å². The molecule has 0 radical (unpaired) electrons. The van der Waals surface area contributed by atoms with E-state index in [0.717, 1.165) is 22.2 Å². The fourth-order valence-electron chi connectivity index (χ4n) is 3.10. The normalized spacial score (nSPS) is 10.8. The van der Waals surface area contributed by atoms with Gasteiger partial charge in [0.1, 0.15) is 11.5 Å². The van der Waals surface area contributed by atoms with Crippen molar-refractivity contribution in [3.8, 4) is 34.0 Å². The molecule has 0 bridgehead atoms. The molecule has 0 amide bonds. The molecule has 152 valence electrons. The van der Waals surface area contributed by atoms with Crippen molar-refractivity contribution in [3.05, 3.63) is 101 Å². The van der Waals surface area contributed by atoms with Crippen LogP contribution >= 0.6 is 0 Å². The van der Waals surface area contributed by atoms with Crippen LogP contribution < -0.4 is 16.2 Å². The van der Waals surface area contributed by atoms with E-state index in [0.29, 0.717) is 34.0 Å². The second kappa shape index (κ2) is 7.59. The van der Waals surface area contributed by atoms with Crippen molar-refractivity contribution in [2.45, 2.75) is 0 Å². The lowest BCUT2D eigenvalue weighted by Crippen LogP contribution is -2.15. The van der Waals surface area contributed by atoms with Crippen molar-refractivity contribution in [1.29, 1.82) is 0 Å². The van der Waals surface area contributed by atoms with E-state index < -0.39 is 11.5 Å². The number of hydrogen-bond acceptors (Lipinski definition) is 8. The van der Waals surface area contributed by atoms with Gasteiger partial charge in [-0.1, -0.05) is 18.2 Å². The van der Waals surface area contributed by atoms with E-state index in [-0.39, 0.29) is 0 Å². The summed E-state index contributed by atoms with van der Waals surface area (Å²) in [5.74, 6) is -0.242. The molecular weight excluding hydrogens is 402 g/mol. The lowest BCUT2D eigenvalue weighted by Gasteiger charge is -2.13. The van der Waals surface area contributed by atoms with Gasteiger partial charge in [0.05, 0.1) is 17.6 Å². The Bertz CT molecular complexity index is 1470. The summed E-state index contributed by atoms with van der Waals surface area (Å²) in [6.07, 6.45) is 5.18. The Kier molecular flexibility index (Phi) is 4.49. The van der Waals surface area contributed by atoms with E-state index >= 15 is 0 Å². The van der Waals surface area contributed by atoms with Crippen molar-refractivity contribution >= 4 is 0 Å². The quantitative estimate of drug-likeness (QED) is 0.430. The largest absolute Gasteiger partial charge is 0.457 e. The van der Waals surface area contributed by atoms with Crippen LogP contribution in [0, 0.1) is 0 Å². The van der Waals surface area contributed by atoms with Crippen molar-refractivity contribution in [2.24, 2.45) is 0 Å². The average Bonchev–Trinajstić information content (AvgIpc) is 3.42. The molecule has 3 aromatic heterocycles. The Labute approximate surface area is 173 Å². The molecule has 0 atom stereocenters. The SMILES string of the molecule is O=c1ocnn1-c1cc(Oc2ccccc2)cc(-c2ccncc2-n2ncoc2=O)c1. The summed E-state index contributed by atoms with van der Waals surface area (Å²) in [6, 6.07) is 16.0. The zero-order chi connectivity index (χ0) is 21.2. The predicted molar refractivity (Wildman–Crippen MR) is 108 cm³/mol. The van der Waals surface area contributed by atoms with Gasteiger partial charge in [-0.25, -0.2) is 9.59 Å². The minimum Gasteiger partial charge on any atom is -0.457 e. The molecule has 0 aliphatic rings. The molecule has 10 heteroatoms. The standard InChI is InChI=1S/C21H13N5O5/c27-20-25(23-12-29-20)15-8-14(9-17(10-15)31-16-4-2-1-3-5-16)18-6-7-22-11-19(18)26-21(28)30-13-24-26/h1-13H. The van der Waals surface area contributed by atoms with E-state index in [1.165, 1.54) is 6.20 Å². The van der Waals surface area contributed by atoms with Gasteiger partial charge in [-0.3, -0.25) is 4.98 Å². The molecule has 0 aliphatic heterocycles. The van der Waals surface area contributed by atoms with E-state index in [2.05, 4.69) is 15.2 Å². The van der Waals surface area contributed by atoms with Gasteiger partial charge in [0.2, 0.25) is 12.8 Å². The first-order valence-electron chi connectivity index (χ1n) is 9.08. The molecule has 5 aromatic rings. The van der Waals surface area contributed by atoms with E-state index in [1.807, 2.05) is 18.2 Å². The van der Waals surface area contributed by atoms with Gasteiger partial charge >= 0.3 is 11.5 Å². The van der Waals surface area contributed by atoms with Crippen LogP contribution in [0.15, 0.2) is 98.2 Å². The number of benzene rings is 2. The fourth-order valence-corrected chi connectivity index (χ4v) is 3.10. The maximum atomic E-state index is 12.1. The summed E-state index contributed by atoms with van der Waals surface area (Å²) >= 11 is 0. The zero-order valence-electron chi connectivity index (χ0n) is 15.8. The molecule has 0 unspecified atom stereocenters. The molecule has 0 aliphatic carbocycles. The highest BCUT2D eigenvalue weighted by Gasteiger charge is 2.15. The maximum absolute atomic E-state index is 12.1. The zero-order valence-corrected chi connectivity index (χ0v) is 15.8. The van der Waals surface area contributed by atoms with Gasteiger partial charge < -0.3 is 13.6 Å². The van der Waals surface area contributed by atoms with Gasteiger partial charge in [-0.15, -0.1) is 10.2 Å². The fraction of sp³-hybridized carbons (Fsp3) is 0. The molecule has 0 spiro atoms. The molecule has 31 heavy (non-hydrogen) atoms. The highest BCUT2D eigenvalue weighted by molar-refractivity contribution is 5.75. The van der Waals surface area contributed by atoms with Crippen LogP contribution in [-0.2, 0) is 0 Å². The highest BCUT2D eigenvalue weighted by Crippen LogP contribution is 2.32. The molecule has 2 aromatic carbocycles. The van der Waals surface area contributed by atoms with Gasteiger partial charge in [0.25, 0.3) is 0 Å². The molecule has 10 nitrogen and oxygen atoms in total. The first-order valence-corrected chi connectivity index (χ1v) is 9.08. The Morgan fingerprint density at radius 1 is 0.806 bits per heavy atom. The lowest BCUT2D eigenvalue weighted by atomic mass is 10.0. The summed E-state index contributed by atoms with van der Waals surface area (Å²) in [7, 11) is 0. The van der Waals surface area contributed by atoms with E-state index in [1.54, 1.807) is 42.6 Å². The van der Waals surface area contributed by atoms with Gasteiger partial charge in [0.15, 0.2) is 0 Å². The Morgan fingerprint density at radius 3 is 2.26 bits per heavy atom. The van der Waals surface area contributed by atoms with E-state index in [4.69, 9.17) is 13.6 Å². The lowest BCUT2D eigenvalue weighted by molar-refractivity contribution is 0.481. The number of pyridine rings is 1. The summed E-state index contributed by atoms with van der Waals surface area (Å²) in [5, 5.41) is 7.87. The first-order chi connectivity index (χ1) is 15.2. The van der Waals surface area contributed by atoms with Crippen molar-refractivity contribution in [2.75, 3.05) is 0 Å². The summed E-state index contributed by atoms with van der Waals surface area (Å²) in [4.78, 5) is 28.2. The van der Waals surface area contributed by atoms with Gasteiger partial charge in [-0.05, 0) is 35.9 Å². The third-order valence-electron chi connectivity index (χ3n) is 4.43. The summed E-state index contributed by atoms with van der Waals surface area (Å²) in [6.45, 7) is 0. The summed E-state index contributed by atoms with van der Waals surface area (Å²) < 4.78 is 17.8. The minimum atomic E-state index is -0.654. The Balaban J connectivity index is 1.70. The number of ether oxygens (including phenoxy) is 1. The molecule has 3 heterocycles. The number of aromatic nitrogens is 5. The second-order valence-corrected chi connectivity index (χ2v) is 6.36. The summed E-state index contributed by atoms with van der Waals surface area (Å²) in [5.41, 5.74) is 2.06. The minimum absolute atomic E-state index is 0.400. The van der Waals surface area contributed by atoms with Crippen molar-refractivity contribution in [1.82, 2.24) is 24.5 Å². The number of rotatable bonds is 5. The predicted octanol–water partition coefficient (Wildman–Crippen LogP) is 2.82.